The van der Waals surface area contributed by atoms with Crippen LogP contribution >= 0.6 is 0 Å². The van der Waals surface area contributed by atoms with Crippen molar-refractivity contribution in [2.75, 3.05) is 5.32 Å². The number of rotatable bonds is 4. The van der Waals surface area contributed by atoms with Gasteiger partial charge in [0.15, 0.2) is 0 Å². The van der Waals surface area contributed by atoms with Crippen LogP contribution in [0.3, 0.4) is 0 Å². The number of hydrogen-bond donors (Lipinski definition) is 2. The van der Waals surface area contributed by atoms with Crippen molar-refractivity contribution in [2.45, 2.75) is 19.4 Å². The van der Waals surface area contributed by atoms with Crippen molar-refractivity contribution in [1.82, 2.24) is 9.71 Å². The number of nitrogens with one attached hydrogen (secondary N) is 2. The van der Waals surface area contributed by atoms with Crippen LogP contribution < -0.4 is 10.0 Å². The van der Waals surface area contributed by atoms with Gasteiger partial charge in [0.1, 0.15) is 5.82 Å². The van der Waals surface area contributed by atoms with Gasteiger partial charge in [0.25, 0.3) is 0 Å². The fourth-order valence-corrected chi connectivity index (χ4v) is 2.83. The van der Waals surface area contributed by atoms with Gasteiger partial charge in [-0.25, -0.2) is 9.71 Å². The van der Waals surface area contributed by atoms with Crippen molar-refractivity contribution in [2.24, 2.45) is 0 Å². The summed E-state index contributed by atoms with van der Waals surface area (Å²) in [6, 6.07) is 9.55. The quantitative estimate of drug-likeness (QED) is 0.836. The minimum Gasteiger partial charge on any atom is -0.760 e. The van der Waals surface area contributed by atoms with Crippen molar-refractivity contribution in [3.8, 4) is 11.1 Å². The van der Waals surface area contributed by atoms with Crippen molar-refractivity contribution >= 4 is 23.0 Å². The molecular weight excluding hydrogens is 302 g/mol. The number of fused-ring (bicyclic) bond motifs is 1. The first-order valence-corrected chi connectivity index (χ1v) is 7.91. The number of amides is 1. The molecule has 1 aromatic heterocycles. The number of benzene rings is 1. The Kier molecular flexibility index (Phi) is 4.28. The number of aromatic nitrogens is 1. The first-order valence-electron chi connectivity index (χ1n) is 6.83. The second-order valence-corrected chi connectivity index (χ2v) is 5.75. The van der Waals surface area contributed by atoms with Gasteiger partial charge >= 0.3 is 0 Å². The number of pyridine rings is 1. The van der Waals surface area contributed by atoms with Gasteiger partial charge in [-0.15, -0.1) is 0 Å². The van der Waals surface area contributed by atoms with E-state index in [1.54, 1.807) is 6.20 Å². The molecule has 1 amide bonds. The molecule has 0 aliphatic carbocycles. The maximum Gasteiger partial charge on any atom is 0.225 e. The summed E-state index contributed by atoms with van der Waals surface area (Å²) in [6.45, 7) is 0.244. The van der Waals surface area contributed by atoms with E-state index in [-0.39, 0.29) is 12.5 Å². The van der Waals surface area contributed by atoms with Gasteiger partial charge < -0.3 is 9.87 Å². The first kappa shape index (κ1) is 14.8. The van der Waals surface area contributed by atoms with Crippen LogP contribution in [0.1, 0.15) is 17.5 Å². The molecule has 2 N–H and O–H groups in total. The molecule has 0 saturated heterocycles. The molecule has 3 rings (SSSR count). The Hall–Kier alpha value is -2.09. The minimum atomic E-state index is -2.28. The molecule has 1 unspecified atom stereocenters. The summed E-state index contributed by atoms with van der Waals surface area (Å²) in [7, 11) is 0. The molecule has 1 aliphatic rings. The maximum absolute atomic E-state index is 11.5. The summed E-state index contributed by atoms with van der Waals surface area (Å²) < 4.78 is 23.5. The normalized spacial score (nSPS) is 15.0. The van der Waals surface area contributed by atoms with Crippen molar-refractivity contribution < 1.29 is 13.6 Å². The monoisotopic (exact) mass is 316 g/mol. The zero-order chi connectivity index (χ0) is 15.5. The number of anilines is 1. The minimum absolute atomic E-state index is 0.0203. The lowest BCUT2D eigenvalue weighted by molar-refractivity contribution is -0.116. The topological polar surface area (TPSA) is 94.2 Å². The standard InChI is InChI=1S/C15H15N3O3S/c19-14-5-4-13-12(6-7-16-15(13)18-14)11-3-1-2-10(8-11)9-17-22(20)21/h1-3,6-8,17H,4-5,9H2,(H,20,21)(H,16,18,19)/p-1. The highest BCUT2D eigenvalue weighted by Crippen LogP contribution is 2.31. The Bertz CT molecular complexity index is 749. The van der Waals surface area contributed by atoms with E-state index in [1.165, 1.54) is 0 Å². The average Bonchev–Trinajstić information content (AvgIpc) is 2.52. The average molecular weight is 316 g/mol. The zero-order valence-corrected chi connectivity index (χ0v) is 12.5. The summed E-state index contributed by atoms with van der Waals surface area (Å²) in [4.78, 5) is 15.7. The van der Waals surface area contributed by atoms with Crippen LogP contribution in [0.15, 0.2) is 36.5 Å². The fraction of sp³-hybridized carbons (Fsp3) is 0.200. The number of hydrogen-bond acceptors (Lipinski definition) is 4. The van der Waals surface area contributed by atoms with Gasteiger partial charge in [-0.3, -0.25) is 9.00 Å². The molecule has 2 heterocycles. The van der Waals surface area contributed by atoms with E-state index in [4.69, 9.17) is 0 Å². The van der Waals surface area contributed by atoms with Crippen LogP contribution in [0.2, 0.25) is 0 Å². The largest absolute Gasteiger partial charge is 0.760 e. The van der Waals surface area contributed by atoms with Crippen LogP contribution in [0.25, 0.3) is 11.1 Å². The van der Waals surface area contributed by atoms with E-state index in [1.807, 2.05) is 30.3 Å². The summed E-state index contributed by atoms with van der Waals surface area (Å²) in [5, 5.41) is 2.78. The molecule has 0 radical (unpaired) electrons. The van der Waals surface area contributed by atoms with Crippen LogP contribution in [0.5, 0.6) is 0 Å². The summed E-state index contributed by atoms with van der Waals surface area (Å²) in [6.07, 6.45) is 2.76. The summed E-state index contributed by atoms with van der Waals surface area (Å²) >= 11 is -2.28. The van der Waals surface area contributed by atoms with E-state index in [2.05, 4.69) is 15.0 Å². The number of carbonyl (C=O) groups is 1. The van der Waals surface area contributed by atoms with Crippen molar-refractivity contribution in [3.05, 3.63) is 47.7 Å². The third-order valence-electron chi connectivity index (χ3n) is 3.55. The highest BCUT2D eigenvalue weighted by Gasteiger charge is 2.19. The molecule has 1 aliphatic heterocycles. The highest BCUT2D eigenvalue weighted by molar-refractivity contribution is 7.77. The van der Waals surface area contributed by atoms with Gasteiger partial charge in [0.05, 0.1) is 0 Å². The van der Waals surface area contributed by atoms with Crippen molar-refractivity contribution in [3.63, 3.8) is 0 Å². The summed E-state index contributed by atoms with van der Waals surface area (Å²) in [5.74, 6) is 0.589. The fourth-order valence-electron chi connectivity index (χ4n) is 2.55. The third-order valence-corrected chi connectivity index (χ3v) is 3.93. The van der Waals surface area contributed by atoms with Gasteiger partial charge in [-0.2, -0.15) is 0 Å². The van der Waals surface area contributed by atoms with E-state index in [0.717, 1.165) is 22.3 Å². The van der Waals surface area contributed by atoms with Gasteiger partial charge in [-0.05, 0) is 35.2 Å². The van der Waals surface area contributed by atoms with Gasteiger partial charge in [-0.1, -0.05) is 18.2 Å². The Morgan fingerprint density at radius 2 is 2.18 bits per heavy atom. The molecule has 22 heavy (non-hydrogen) atoms. The Labute approximate surface area is 130 Å². The van der Waals surface area contributed by atoms with Crippen LogP contribution in [0.4, 0.5) is 5.82 Å². The second-order valence-electron chi connectivity index (χ2n) is 4.99. The molecule has 1 aromatic carbocycles. The van der Waals surface area contributed by atoms with Crippen molar-refractivity contribution in [1.29, 1.82) is 0 Å². The van der Waals surface area contributed by atoms with Crippen LogP contribution in [-0.2, 0) is 29.0 Å². The zero-order valence-electron chi connectivity index (χ0n) is 11.7. The Balaban J connectivity index is 1.94. The van der Waals surface area contributed by atoms with Gasteiger partial charge in [0.2, 0.25) is 5.91 Å². The second kappa shape index (κ2) is 6.35. The molecule has 0 fully saturated rings. The Morgan fingerprint density at radius 1 is 1.32 bits per heavy atom. The van der Waals surface area contributed by atoms with E-state index >= 15 is 0 Å². The first-order chi connectivity index (χ1) is 10.6. The summed E-state index contributed by atoms with van der Waals surface area (Å²) in [5.41, 5.74) is 3.87. The van der Waals surface area contributed by atoms with Crippen LogP contribution in [-0.4, -0.2) is 19.7 Å². The third kappa shape index (κ3) is 3.22. The van der Waals surface area contributed by atoms with Gasteiger partial charge in [0, 0.05) is 36.0 Å². The molecular formula is C15H14N3O3S-. The highest BCUT2D eigenvalue weighted by atomic mass is 32.2. The number of carbonyl (C=O) groups excluding carboxylic acids is 1. The Morgan fingerprint density at radius 3 is 3.00 bits per heavy atom. The van der Waals surface area contributed by atoms with E-state index in [9.17, 15) is 13.6 Å². The molecule has 0 bridgehead atoms. The SMILES string of the molecule is O=C1CCc2c(-c3cccc(CNS(=O)[O-])c3)ccnc2N1. The molecule has 0 spiro atoms. The van der Waals surface area contributed by atoms with E-state index in [0.29, 0.717) is 18.7 Å². The smallest absolute Gasteiger partial charge is 0.225 e. The predicted molar refractivity (Wildman–Crippen MR) is 82.4 cm³/mol. The van der Waals surface area contributed by atoms with E-state index < -0.39 is 11.3 Å². The molecule has 1 atom stereocenters. The maximum atomic E-state index is 11.5. The molecule has 0 saturated carbocycles. The molecule has 2 aromatic rings. The molecule has 7 heteroatoms. The predicted octanol–water partition coefficient (Wildman–Crippen LogP) is 1.52. The van der Waals surface area contributed by atoms with Crippen LogP contribution in [0, 0.1) is 0 Å². The molecule has 6 nitrogen and oxygen atoms in total. The lowest BCUT2D eigenvalue weighted by Crippen LogP contribution is -2.20. The number of nitrogens with zero attached hydrogens (tertiary/aromatic N) is 1. The molecule has 114 valence electrons. The lowest BCUT2D eigenvalue weighted by Gasteiger charge is -2.19. The lowest BCUT2D eigenvalue weighted by atomic mass is 9.94.